The Morgan fingerprint density at radius 1 is 1.19 bits per heavy atom. The summed E-state index contributed by atoms with van der Waals surface area (Å²) >= 11 is 6.20. The summed E-state index contributed by atoms with van der Waals surface area (Å²) in [6, 6.07) is 15.0. The van der Waals surface area contributed by atoms with Crippen LogP contribution in [-0.4, -0.2) is 30.3 Å². The highest BCUT2D eigenvalue weighted by molar-refractivity contribution is 6.35. The van der Waals surface area contributed by atoms with Crippen molar-refractivity contribution >= 4 is 28.4 Å². The molecule has 1 saturated heterocycles. The van der Waals surface area contributed by atoms with Crippen molar-refractivity contribution in [1.82, 2.24) is 4.90 Å². The van der Waals surface area contributed by atoms with Gasteiger partial charge in [-0.15, -0.1) is 0 Å². The van der Waals surface area contributed by atoms with Gasteiger partial charge < -0.3 is 9.32 Å². The molecule has 0 amide bonds. The monoisotopic (exact) mass is 381 g/mol. The lowest BCUT2D eigenvalue weighted by molar-refractivity contribution is 0.0968. The molecule has 0 saturated carbocycles. The highest BCUT2D eigenvalue weighted by atomic mass is 35.5. The van der Waals surface area contributed by atoms with E-state index in [0.717, 1.165) is 26.1 Å². The second-order valence-electron chi connectivity index (χ2n) is 6.99. The van der Waals surface area contributed by atoms with E-state index in [0.29, 0.717) is 28.9 Å². The average Bonchev–Trinajstić information content (AvgIpc) is 3.15. The number of ketones is 1. The maximum absolute atomic E-state index is 12.6. The minimum absolute atomic E-state index is 0.00784. The lowest BCUT2D eigenvalue weighted by atomic mass is 9.99. The maximum Gasteiger partial charge on any atom is 0.194 e. The van der Waals surface area contributed by atoms with Crippen LogP contribution in [0.4, 0.5) is 0 Å². The third kappa shape index (κ3) is 3.82. The number of Topliss-reactive ketones (excluding diaryl/α,β-unsaturated/α-hetero) is 1. The first-order valence-corrected chi connectivity index (χ1v) is 9.51. The number of hydrogen-bond donors (Lipinski definition) is 0. The zero-order valence-electron chi connectivity index (χ0n) is 14.9. The highest BCUT2D eigenvalue weighted by Gasteiger charge is 2.24. The van der Waals surface area contributed by atoms with Gasteiger partial charge in [-0.1, -0.05) is 41.9 Å². The van der Waals surface area contributed by atoms with Crippen molar-refractivity contribution in [2.75, 3.05) is 19.6 Å². The standard InChI is InChI=1S/C22H20ClNO3/c23-18-12-17(13-21-22(18)20(26)8-11-27-21)19(25)7-10-24-9-6-16(14-24)15-4-2-1-3-5-15/h1-5,8,11-13,16H,6-7,9-10,14H2. The molecular weight excluding hydrogens is 362 g/mol. The van der Waals surface area contributed by atoms with Gasteiger partial charge in [0, 0.05) is 31.1 Å². The molecule has 0 spiro atoms. The quantitative estimate of drug-likeness (QED) is 0.610. The van der Waals surface area contributed by atoms with Crippen molar-refractivity contribution in [2.45, 2.75) is 18.8 Å². The lowest BCUT2D eigenvalue weighted by Crippen LogP contribution is -2.23. The Bertz CT molecular complexity index is 1030. The molecule has 0 N–H and O–H groups in total. The Kier molecular flexibility index (Phi) is 5.10. The van der Waals surface area contributed by atoms with Crippen molar-refractivity contribution in [3.63, 3.8) is 0 Å². The summed E-state index contributed by atoms with van der Waals surface area (Å²) in [5.41, 5.74) is 2.00. The zero-order chi connectivity index (χ0) is 18.8. The fourth-order valence-corrected chi connectivity index (χ4v) is 4.07. The topological polar surface area (TPSA) is 50.5 Å². The molecular formula is C22H20ClNO3. The maximum atomic E-state index is 12.6. The summed E-state index contributed by atoms with van der Waals surface area (Å²) in [6.45, 7) is 2.70. The van der Waals surface area contributed by atoms with Gasteiger partial charge in [-0.2, -0.15) is 0 Å². The van der Waals surface area contributed by atoms with Crippen LogP contribution in [0.1, 0.15) is 34.7 Å². The number of benzene rings is 2. The molecule has 1 unspecified atom stereocenters. The van der Waals surface area contributed by atoms with E-state index in [1.165, 1.54) is 17.9 Å². The second-order valence-corrected chi connectivity index (χ2v) is 7.39. The summed E-state index contributed by atoms with van der Waals surface area (Å²) in [4.78, 5) is 26.9. The first-order chi connectivity index (χ1) is 13.1. The van der Waals surface area contributed by atoms with Crippen molar-refractivity contribution in [3.05, 3.63) is 81.2 Å². The molecule has 4 nitrogen and oxygen atoms in total. The van der Waals surface area contributed by atoms with Crippen molar-refractivity contribution < 1.29 is 9.21 Å². The Morgan fingerprint density at radius 2 is 2.00 bits per heavy atom. The number of hydrogen-bond acceptors (Lipinski definition) is 4. The summed E-state index contributed by atoms with van der Waals surface area (Å²) in [7, 11) is 0. The van der Waals surface area contributed by atoms with Crippen LogP contribution in [0, 0.1) is 0 Å². The minimum Gasteiger partial charge on any atom is -0.464 e. The first-order valence-electron chi connectivity index (χ1n) is 9.13. The largest absolute Gasteiger partial charge is 0.464 e. The minimum atomic E-state index is -0.204. The van der Waals surface area contributed by atoms with E-state index in [4.69, 9.17) is 16.0 Å². The fraction of sp³-hybridized carbons (Fsp3) is 0.273. The third-order valence-corrected chi connectivity index (χ3v) is 5.53. The molecule has 27 heavy (non-hydrogen) atoms. The van der Waals surface area contributed by atoms with Crippen LogP contribution in [0.5, 0.6) is 0 Å². The van der Waals surface area contributed by atoms with Crippen LogP contribution >= 0.6 is 11.6 Å². The SMILES string of the molecule is O=C(CCN1CCC(c2ccccc2)C1)c1cc(Cl)c2c(=O)ccoc2c1. The molecule has 1 aromatic heterocycles. The summed E-state index contributed by atoms with van der Waals surface area (Å²) < 4.78 is 5.36. The number of nitrogens with zero attached hydrogens (tertiary/aromatic N) is 1. The number of carbonyl (C=O) groups excluding carboxylic acids is 1. The van der Waals surface area contributed by atoms with Crippen LogP contribution in [0.15, 0.2) is 64.0 Å². The van der Waals surface area contributed by atoms with Crippen LogP contribution in [0.2, 0.25) is 5.02 Å². The van der Waals surface area contributed by atoms with Crippen LogP contribution in [0.25, 0.3) is 11.0 Å². The molecule has 1 aliphatic heterocycles. The van der Waals surface area contributed by atoms with E-state index in [1.54, 1.807) is 12.1 Å². The van der Waals surface area contributed by atoms with Crippen molar-refractivity contribution in [1.29, 1.82) is 0 Å². The Morgan fingerprint density at radius 3 is 2.81 bits per heavy atom. The molecule has 1 fully saturated rings. The van der Waals surface area contributed by atoms with E-state index >= 15 is 0 Å². The van der Waals surface area contributed by atoms with Gasteiger partial charge >= 0.3 is 0 Å². The fourth-order valence-electron chi connectivity index (χ4n) is 3.76. The number of halogens is 1. The molecule has 2 heterocycles. The lowest BCUT2D eigenvalue weighted by Gasteiger charge is -2.16. The van der Waals surface area contributed by atoms with E-state index in [2.05, 4.69) is 29.2 Å². The first kappa shape index (κ1) is 18.0. The van der Waals surface area contributed by atoms with Gasteiger partial charge in [0.1, 0.15) is 5.58 Å². The van der Waals surface area contributed by atoms with E-state index in [-0.39, 0.29) is 16.2 Å². The number of fused-ring (bicyclic) bond motifs is 1. The Balaban J connectivity index is 1.42. The molecule has 1 atom stereocenters. The number of rotatable bonds is 5. The van der Waals surface area contributed by atoms with E-state index < -0.39 is 0 Å². The van der Waals surface area contributed by atoms with Gasteiger partial charge in [0.25, 0.3) is 0 Å². The number of carbonyl (C=O) groups is 1. The third-order valence-electron chi connectivity index (χ3n) is 5.24. The Hall–Kier alpha value is -2.43. The summed E-state index contributed by atoms with van der Waals surface area (Å²) in [6.07, 6.45) is 2.86. The molecule has 138 valence electrons. The Labute approximate surface area is 162 Å². The second kappa shape index (κ2) is 7.67. The van der Waals surface area contributed by atoms with Gasteiger partial charge in [-0.25, -0.2) is 0 Å². The van der Waals surface area contributed by atoms with Gasteiger partial charge in [0.2, 0.25) is 0 Å². The van der Waals surface area contributed by atoms with Crippen LogP contribution < -0.4 is 5.43 Å². The van der Waals surface area contributed by atoms with Gasteiger partial charge in [-0.3, -0.25) is 9.59 Å². The summed E-state index contributed by atoms with van der Waals surface area (Å²) in [5.74, 6) is 0.541. The normalized spacial score (nSPS) is 17.4. The molecule has 4 rings (SSSR count). The van der Waals surface area contributed by atoms with E-state index in [1.807, 2.05) is 6.07 Å². The van der Waals surface area contributed by atoms with Gasteiger partial charge in [0.05, 0.1) is 16.7 Å². The molecule has 0 bridgehead atoms. The number of likely N-dealkylation sites (tertiary alicyclic amines) is 1. The van der Waals surface area contributed by atoms with Gasteiger partial charge in [-0.05, 0) is 36.6 Å². The summed E-state index contributed by atoms with van der Waals surface area (Å²) in [5, 5.41) is 0.580. The predicted octanol–water partition coefficient (Wildman–Crippen LogP) is 4.51. The van der Waals surface area contributed by atoms with Crippen molar-refractivity contribution in [2.24, 2.45) is 0 Å². The van der Waals surface area contributed by atoms with Crippen LogP contribution in [0.3, 0.4) is 0 Å². The smallest absolute Gasteiger partial charge is 0.194 e. The van der Waals surface area contributed by atoms with Crippen molar-refractivity contribution in [3.8, 4) is 0 Å². The van der Waals surface area contributed by atoms with Crippen LogP contribution in [-0.2, 0) is 0 Å². The molecule has 3 aromatic rings. The molecule has 2 aromatic carbocycles. The molecule has 1 aliphatic rings. The molecule has 5 heteroatoms. The highest BCUT2D eigenvalue weighted by Crippen LogP contribution is 2.27. The average molecular weight is 382 g/mol. The molecule has 0 radical (unpaired) electrons. The van der Waals surface area contributed by atoms with Gasteiger partial charge in [0.15, 0.2) is 11.2 Å². The van der Waals surface area contributed by atoms with E-state index in [9.17, 15) is 9.59 Å². The zero-order valence-corrected chi connectivity index (χ0v) is 15.6. The predicted molar refractivity (Wildman–Crippen MR) is 107 cm³/mol. The molecule has 0 aliphatic carbocycles.